The van der Waals surface area contributed by atoms with Crippen molar-refractivity contribution in [1.82, 2.24) is 0 Å². The number of rotatable bonds is 3. The minimum Gasteiger partial charge on any atom is -0.630 e. The standard InChI is InChI=1S/C31H43N5O.ClHO4.Ni/c1-18(26-29(7,8)16-24(37)35-26)21-14-27(3,4)23(34-21)12-20-13-28(5,6)25(33-20)19(2)22-15-30(9,10)31(11,17-32)36-22;2-1(3,4)5;/h12H,13-16H2,1-11H3,(H,33,34,35,36,37);(H,2,3,4,5);/q;;+2/p-2. The molecule has 1 unspecified atom stereocenters. The molecule has 4 aliphatic rings. The minimum absolute atomic E-state index is 0. The Labute approximate surface area is 267 Å². The van der Waals surface area contributed by atoms with Gasteiger partial charge < -0.3 is 10.1 Å². The molecule has 1 atom stereocenters. The predicted octanol–water partition coefficient (Wildman–Crippen LogP) is 2.88. The average molecular weight is 659 g/mol. The van der Waals surface area contributed by atoms with Gasteiger partial charge in [0.25, 0.3) is 0 Å². The Morgan fingerprint density at radius 2 is 1.40 bits per heavy atom. The normalized spacial score (nSPS) is 29.9. The van der Waals surface area contributed by atoms with Crippen molar-refractivity contribution in [3.05, 3.63) is 39.6 Å². The van der Waals surface area contributed by atoms with Crippen molar-refractivity contribution >= 4 is 23.0 Å². The second-order valence-electron chi connectivity index (χ2n) is 14.5. The molecule has 0 aromatic heterocycles. The number of carbonyl (C=O) groups is 1. The van der Waals surface area contributed by atoms with Gasteiger partial charge in [0, 0.05) is 51.9 Å². The molecule has 0 N–H and O–H groups in total. The van der Waals surface area contributed by atoms with Crippen LogP contribution in [-0.4, -0.2) is 28.6 Å². The fourth-order valence-electron chi connectivity index (χ4n) is 6.08. The first-order chi connectivity index (χ1) is 18.8. The molecule has 0 aromatic carbocycles. The Morgan fingerprint density at radius 1 is 0.837 bits per heavy atom. The molecule has 12 heteroatoms. The van der Waals surface area contributed by atoms with Gasteiger partial charge in [-0.15, -0.1) is 15.9 Å². The number of allylic oxidation sites excluding steroid dienone is 6. The van der Waals surface area contributed by atoms with E-state index in [1.807, 2.05) is 6.92 Å². The monoisotopic (exact) mass is 657 g/mol. The van der Waals surface area contributed by atoms with E-state index in [4.69, 9.17) is 33.6 Å². The van der Waals surface area contributed by atoms with Gasteiger partial charge in [0.15, 0.2) is 0 Å². The van der Waals surface area contributed by atoms with Crippen LogP contribution in [0.2, 0.25) is 0 Å². The van der Waals surface area contributed by atoms with Gasteiger partial charge in [-0.1, -0.05) is 55.4 Å². The Balaban J connectivity index is 0.000000993. The molecule has 0 aliphatic carbocycles. The van der Waals surface area contributed by atoms with Gasteiger partial charge >= 0.3 is 16.5 Å². The number of hydrogen-bond acceptors (Lipinski definition) is 9. The van der Waals surface area contributed by atoms with Crippen molar-refractivity contribution in [3.63, 3.8) is 0 Å². The Kier molecular flexibility index (Phi) is 10.3. The van der Waals surface area contributed by atoms with Gasteiger partial charge in [-0.25, -0.2) is 18.6 Å². The van der Waals surface area contributed by atoms with E-state index in [2.05, 4.69) is 86.7 Å². The van der Waals surface area contributed by atoms with Crippen LogP contribution in [-0.2, 0) is 21.3 Å². The van der Waals surface area contributed by atoms with E-state index in [1.165, 1.54) is 0 Å². The predicted molar refractivity (Wildman–Crippen MR) is 152 cm³/mol. The van der Waals surface area contributed by atoms with Crippen LogP contribution in [0.4, 0.5) is 0 Å². The zero-order chi connectivity index (χ0) is 32.3. The van der Waals surface area contributed by atoms with Crippen molar-refractivity contribution in [2.24, 2.45) is 36.6 Å². The SMILES string of the molecule is C/C(C1=NC(C)(C#N)C(C)(C)C1)=C1N=C(/C=C2N=C(/C(C)=C3\[N-]C(=O)CC3(C)C)CC\2(C)C)CC/1(C)C.[Ni+2].[O-][Cl+3]([O-])([O-])[O-]. The number of hydrogen-bond donors (Lipinski definition) is 0. The first kappa shape index (κ1) is 37.0. The van der Waals surface area contributed by atoms with Crippen LogP contribution in [0.5, 0.6) is 0 Å². The van der Waals surface area contributed by atoms with Gasteiger partial charge in [-0.3, -0.25) is 15.0 Å². The molecule has 0 radical (unpaired) electrons. The molecule has 0 spiro atoms. The quantitative estimate of drug-likeness (QED) is 0.420. The van der Waals surface area contributed by atoms with Crippen LogP contribution < -0.4 is 18.6 Å². The van der Waals surface area contributed by atoms with Crippen molar-refractivity contribution in [3.8, 4) is 6.07 Å². The molecule has 0 bridgehead atoms. The van der Waals surface area contributed by atoms with Crippen molar-refractivity contribution < 1.29 is 50.2 Å². The molecule has 1 saturated heterocycles. The summed E-state index contributed by atoms with van der Waals surface area (Å²) < 4.78 is 34.0. The average Bonchev–Trinajstić information content (AvgIpc) is 3.45. The summed E-state index contributed by atoms with van der Waals surface area (Å²) >= 11 is 0. The zero-order valence-corrected chi connectivity index (χ0v) is 28.6. The van der Waals surface area contributed by atoms with Crippen LogP contribution >= 0.6 is 0 Å². The van der Waals surface area contributed by atoms with Crippen LogP contribution in [0.15, 0.2) is 49.3 Å². The molecule has 43 heavy (non-hydrogen) atoms. The second-order valence-corrected chi connectivity index (χ2v) is 15.3. The second kappa shape index (κ2) is 12.0. The number of amides is 1. The Hall–Kier alpha value is -2.19. The van der Waals surface area contributed by atoms with Gasteiger partial charge in [-0.05, 0) is 56.3 Å². The molecular formula is C31H42ClN5NiO5. The topological polar surface area (TPSA) is 184 Å². The van der Waals surface area contributed by atoms with E-state index >= 15 is 0 Å². The summed E-state index contributed by atoms with van der Waals surface area (Å²) in [5.74, 6) is -0.0458. The Morgan fingerprint density at radius 3 is 1.86 bits per heavy atom. The number of carbonyl (C=O) groups excluding carboxylic acids is 1. The van der Waals surface area contributed by atoms with Crippen molar-refractivity contribution in [2.45, 2.75) is 107 Å². The molecule has 4 rings (SSSR count). The molecular weight excluding hydrogens is 617 g/mol. The molecule has 4 heterocycles. The van der Waals surface area contributed by atoms with Gasteiger partial charge in [0.05, 0.1) is 17.7 Å². The van der Waals surface area contributed by atoms with E-state index in [9.17, 15) is 10.1 Å². The van der Waals surface area contributed by atoms with E-state index in [0.29, 0.717) is 6.42 Å². The minimum atomic E-state index is -4.94. The first-order valence-corrected chi connectivity index (χ1v) is 15.2. The third-order valence-corrected chi connectivity index (χ3v) is 8.93. The smallest absolute Gasteiger partial charge is 0.630 e. The number of nitriles is 1. The molecule has 1 fully saturated rings. The van der Waals surface area contributed by atoms with Crippen molar-refractivity contribution in [1.29, 1.82) is 5.26 Å². The maximum atomic E-state index is 12.0. The van der Waals surface area contributed by atoms with Crippen LogP contribution in [0.25, 0.3) is 5.32 Å². The van der Waals surface area contributed by atoms with E-state index in [-0.39, 0.29) is 44.1 Å². The molecule has 1 amide bonds. The number of halogens is 1. The summed E-state index contributed by atoms with van der Waals surface area (Å²) in [7, 11) is -4.94. The molecule has 4 aliphatic heterocycles. The Bertz CT molecular complexity index is 1410. The van der Waals surface area contributed by atoms with Crippen molar-refractivity contribution in [2.75, 3.05) is 0 Å². The van der Waals surface area contributed by atoms with E-state index in [0.717, 1.165) is 64.6 Å². The summed E-state index contributed by atoms with van der Waals surface area (Å²) in [5.41, 5.74) is 6.65. The first-order valence-electron chi connectivity index (χ1n) is 14.0. The van der Waals surface area contributed by atoms with E-state index in [1.54, 1.807) is 0 Å². The van der Waals surface area contributed by atoms with E-state index < -0.39 is 15.8 Å². The van der Waals surface area contributed by atoms with Gasteiger partial charge in [0.1, 0.15) is 5.54 Å². The third kappa shape index (κ3) is 7.91. The fraction of sp³-hybridized carbons (Fsp3) is 0.645. The third-order valence-electron chi connectivity index (χ3n) is 8.93. The van der Waals surface area contributed by atoms with Crippen LogP contribution in [0.3, 0.4) is 0 Å². The summed E-state index contributed by atoms with van der Waals surface area (Å²) in [4.78, 5) is 27.1. The fourth-order valence-corrected chi connectivity index (χ4v) is 6.08. The molecule has 10 nitrogen and oxygen atoms in total. The summed E-state index contributed by atoms with van der Waals surface area (Å²) in [6, 6.07) is 2.43. The summed E-state index contributed by atoms with van der Waals surface area (Å²) in [6.45, 7) is 23.4. The zero-order valence-electron chi connectivity index (χ0n) is 26.9. The summed E-state index contributed by atoms with van der Waals surface area (Å²) in [5, 5.41) is 14.2. The van der Waals surface area contributed by atoms with Gasteiger partial charge in [0.2, 0.25) is 0 Å². The maximum absolute atomic E-state index is 12.0. The van der Waals surface area contributed by atoms with Crippen LogP contribution in [0, 0.1) is 43.2 Å². The maximum Gasteiger partial charge on any atom is 2.00 e. The number of nitrogens with zero attached hydrogens (tertiary/aromatic N) is 5. The van der Waals surface area contributed by atoms with Gasteiger partial charge in [-0.2, -0.15) is 5.26 Å². The number of aliphatic imine (C=N–C) groups is 3. The molecule has 238 valence electrons. The molecule has 0 aromatic rings. The largest absolute Gasteiger partial charge is 2.00 e. The van der Waals surface area contributed by atoms with Crippen LogP contribution in [0.1, 0.15) is 102 Å². The summed E-state index contributed by atoms with van der Waals surface area (Å²) in [6.07, 6.45) is 5.02. The molecule has 0 saturated carbocycles.